The van der Waals surface area contributed by atoms with Crippen LogP contribution in [-0.4, -0.2) is 4.57 Å². The molecule has 2 rings (SSSR count). The molecule has 0 saturated carbocycles. The summed E-state index contributed by atoms with van der Waals surface area (Å²) in [6.07, 6.45) is 5.94. The lowest BCUT2D eigenvalue weighted by molar-refractivity contribution is 0.967. The van der Waals surface area contributed by atoms with Crippen LogP contribution in [0.5, 0.6) is 0 Å². The van der Waals surface area contributed by atoms with Crippen LogP contribution < -0.4 is 5.73 Å². The van der Waals surface area contributed by atoms with Crippen LogP contribution in [0.2, 0.25) is 0 Å². The molecule has 0 amide bonds. The first-order valence-electron chi connectivity index (χ1n) is 5.17. The zero-order chi connectivity index (χ0) is 10.8. The van der Waals surface area contributed by atoms with Crippen LogP contribution in [0.15, 0.2) is 37.1 Å². The molecule has 15 heavy (non-hydrogen) atoms. The first kappa shape index (κ1) is 9.84. The lowest BCUT2D eigenvalue weighted by atomic mass is 10.0. The van der Waals surface area contributed by atoms with Crippen LogP contribution in [0.3, 0.4) is 0 Å². The van der Waals surface area contributed by atoms with Crippen LogP contribution in [0.25, 0.3) is 10.9 Å². The third kappa shape index (κ3) is 1.63. The fraction of sp³-hybridized carbons (Fsp3) is 0.231. The second kappa shape index (κ2) is 3.81. The first-order valence-corrected chi connectivity index (χ1v) is 5.17. The standard InChI is InChI=1S/C13H16N2/c1-3-4-5-10-11-8-9-15(2)13(11)7-6-12(10)14/h3,6-9H,1,4-5,14H2,2H3. The molecule has 0 aliphatic carbocycles. The van der Waals surface area contributed by atoms with Gasteiger partial charge in [0.15, 0.2) is 0 Å². The third-order valence-corrected chi connectivity index (χ3v) is 2.81. The Hall–Kier alpha value is -1.70. The molecular formula is C13H16N2. The van der Waals surface area contributed by atoms with Crippen molar-refractivity contribution in [3.8, 4) is 0 Å². The lowest BCUT2D eigenvalue weighted by Gasteiger charge is -2.06. The normalized spacial score (nSPS) is 10.7. The van der Waals surface area contributed by atoms with E-state index < -0.39 is 0 Å². The maximum atomic E-state index is 5.99. The molecular weight excluding hydrogens is 184 g/mol. The van der Waals surface area contributed by atoms with E-state index in [1.54, 1.807) is 0 Å². The van der Waals surface area contributed by atoms with Gasteiger partial charge in [-0.1, -0.05) is 6.08 Å². The summed E-state index contributed by atoms with van der Waals surface area (Å²) in [7, 11) is 2.05. The summed E-state index contributed by atoms with van der Waals surface area (Å²) in [5.41, 5.74) is 9.36. The van der Waals surface area contributed by atoms with Crippen molar-refractivity contribution in [2.45, 2.75) is 12.8 Å². The largest absolute Gasteiger partial charge is 0.398 e. The van der Waals surface area contributed by atoms with E-state index in [0.29, 0.717) is 0 Å². The summed E-state index contributed by atoms with van der Waals surface area (Å²) in [4.78, 5) is 0. The van der Waals surface area contributed by atoms with Crippen molar-refractivity contribution in [3.63, 3.8) is 0 Å². The number of hydrogen-bond donors (Lipinski definition) is 1. The van der Waals surface area contributed by atoms with Crippen molar-refractivity contribution in [1.29, 1.82) is 0 Å². The molecule has 2 N–H and O–H groups in total. The number of rotatable bonds is 3. The highest BCUT2D eigenvalue weighted by Crippen LogP contribution is 2.26. The quantitative estimate of drug-likeness (QED) is 0.599. The molecule has 2 heteroatoms. The van der Waals surface area contributed by atoms with E-state index in [-0.39, 0.29) is 0 Å². The highest BCUT2D eigenvalue weighted by atomic mass is 14.9. The van der Waals surface area contributed by atoms with E-state index in [1.165, 1.54) is 16.5 Å². The summed E-state index contributed by atoms with van der Waals surface area (Å²) in [5, 5.41) is 1.26. The molecule has 78 valence electrons. The third-order valence-electron chi connectivity index (χ3n) is 2.81. The van der Waals surface area contributed by atoms with Gasteiger partial charge in [-0.15, -0.1) is 6.58 Å². The van der Waals surface area contributed by atoms with Gasteiger partial charge in [-0.25, -0.2) is 0 Å². The van der Waals surface area contributed by atoms with E-state index in [4.69, 9.17) is 5.73 Å². The van der Waals surface area contributed by atoms with Gasteiger partial charge in [0.2, 0.25) is 0 Å². The Kier molecular flexibility index (Phi) is 2.50. The lowest BCUT2D eigenvalue weighted by Crippen LogP contribution is -1.95. The van der Waals surface area contributed by atoms with Gasteiger partial charge in [0.1, 0.15) is 0 Å². The van der Waals surface area contributed by atoms with Gasteiger partial charge in [0.25, 0.3) is 0 Å². The Morgan fingerprint density at radius 1 is 1.40 bits per heavy atom. The Balaban J connectivity index is 2.58. The van der Waals surface area contributed by atoms with Crippen LogP contribution in [0, 0.1) is 0 Å². The van der Waals surface area contributed by atoms with Crippen LogP contribution in [-0.2, 0) is 13.5 Å². The molecule has 0 saturated heterocycles. The van der Waals surface area contributed by atoms with Gasteiger partial charge in [-0.3, -0.25) is 0 Å². The minimum atomic E-state index is 0.885. The summed E-state index contributed by atoms with van der Waals surface area (Å²) in [6, 6.07) is 6.19. The fourth-order valence-corrected chi connectivity index (χ4v) is 1.95. The van der Waals surface area contributed by atoms with Crippen molar-refractivity contribution in [1.82, 2.24) is 4.57 Å². The predicted octanol–water partition coefficient (Wildman–Crippen LogP) is 2.88. The summed E-state index contributed by atoms with van der Waals surface area (Å²) in [5.74, 6) is 0. The molecule has 0 bridgehead atoms. The topological polar surface area (TPSA) is 30.9 Å². The number of nitrogen functional groups attached to an aromatic ring is 1. The van der Waals surface area contributed by atoms with Crippen molar-refractivity contribution in [2.75, 3.05) is 5.73 Å². The number of fused-ring (bicyclic) bond motifs is 1. The number of aromatic nitrogens is 1. The molecule has 1 heterocycles. The van der Waals surface area contributed by atoms with Gasteiger partial charge in [-0.05, 0) is 36.6 Å². The second-order valence-electron chi connectivity index (χ2n) is 3.82. The number of aryl methyl sites for hydroxylation is 2. The first-order chi connectivity index (χ1) is 7.24. The van der Waals surface area contributed by atoms with Gasteiger partial charge in [0.05, 0.1) is 0 Å². The zero-order valence-corrected chi connectivity index (χ0v) is 9.03. The number of nitrogens with zero attached hydrogens (tertiary/aromatic N) is 1. The molecule has 0 aliphatic rings. The number of nitrogens with two attached hydrogens (primary N) is 1. The second-order valence-corrected chi connectivity index (χ2v) is 3.82. The molecule has 0 radical (unpaired) electrons. The van der Waals surface area contributed by atoms with Gasteiger partial charge >= 0.3 is 0 Å². The minimum Gasteiger partial charge on any atom is -0.398 e. The van der Waals surface area contributed by atoms with E-state index in [2.05, 4.69) is 36.5 Å². The number of hydrogen-bond acceptors (Lipinski definition) is 1. The number of anilines is 1. The molecule has 2 aromatic rings. The van der Waals surface area contributed by atoms with Crippen molar-refractivity contribution < 1.29 is 0 Å². The van der Waals surface area contributed by atoms with Crippen LogP contribution in [0.1, 0.15) is 12.0 Å². The highest BCUT2D eigenvalue weighted by molar-refractivity contribution is 5.88. The Labute approximate surface area is 90.0 Å². The Morgan fingerprint density at radius 2 is 2.20 bits per heavy atom. The molecule has 0 unspecified atom stereocenters. The summed E-state index contributed by atoms with van der Waals surface area (Å²) < 4.78 is 2.12. The van der Waals surface area contributed by atoms with Crippen LogP contribution in [0.4, 0.5) is 5.69 Å². The average Bonchev–Trinajstić information content (AvgIpc) is 2.59. The van der Waals surface area contributed by atoms with E-state index >= 15 is 0 Å². The van der Waals surface area contributed by atoms with Gasteiger partial charge in [-0.2, -0.15) is 0 Å². The zero-order valence-electron chi connectivity index (χ0n) is 9.03. The van der Waals surface area contributed by atoms with Crippen LogP contribution >= 0.6 is 0 Å². The Bertz CT molecular complexity index is 494. The maximum Gasteiger partial charge on any atom is 0.0481 e. The predicted molar refractivity (Wildman–Crippen MR) is 65.8 cm³/mol. The Morgan fingerprint density at radius 3 is 2.93 bits per heavy atom. The number of allylic oxidation sites excluding steroid dienone is 1. The van der Waals surface area contributed by atoms with Gasteiger partial charge in [0, 0.05) is 29.8 Å². The maximum absolute atomic E-state index is 5.99. The highest BCUT2D eigenvalue weighted by Gasteiger charge is 2.06. The monoisotopic (exact) mass is 200 g/mol. The fourth-order valence-electron chi connectivity index (χ4n) is 1.95. The minimum absolute atomic E-state index is 0.885. The average molecular weight is 200 g/mol. The summed E-state index contributed by atoms with van der Waals surface area (Å²) in [6.45, 7) is 3.74. The van der Waals surface area contributed by atoms with E-state index in [9.17, 15) is 0 Å². The van der Waals surface area contributed by atoms with E-state index in [0.717, 1.165) is 18.5 Å². The SMILES string of the molecule is C=CCCc1c(N)ccc2c1ccn2C. The van der Waals surface area contributed by atoms with E-state index in [1.807, 2.05) is 12.1 Å². The molecule has 0 aliphatic heterocycles. The molecule has 0 spiro atoms. The smallest absolute Gasteiger partial charge is 0.0481 e. The summed E-state index contributed by atoms with van der Waals surface area (Å²) >= 11 is 0. The van der Waals surface area contributed by atoms with Crippen molar-refractivity contribution >= 4 is 16.6 Å². The van der Waals surface area contributed by atoms with Gasteiger partial charge < -0.3 is 10.3 Å². The molecule has 1 aromatic carbocycles. The van der Waals surface area contributed by atoms with Crippen molar-refractivity contribution in [3.05, 3.63) is 42.6 Å². The van der Waals surface area contributed by atoms with Crippen molar-refractivity contribution in [2.24, 2.45) is 7.05 Å². The molecule has 0 atom stereocenters. The molecule has 0 fully saturated rings. The molecule has 1 aromatic heterocycles. The number of benzene rings is 1. The molecule has 2 nitrogen and oxygen atoms in total.